The standard InChI is InChI=1S/C12H15BrO3.CH4O/c1-15-12(14)6-5-10-3-2-4-11(9-10)16-8-7-13;1-2/h2-4,9H,5-8H2,1H3;2H,1H3. The average molecular weight is 319 g/mol. The summed E-state index contributed by atoms with van der Waals surface area (Å²) in [7, 11) is 2.40. The number of carbonyl (C=O) groups is 1. The van der Waals surface area contributed by atoms with E-state index in [9.17, 15) is 4.79 Å². The number of aryl methyl sites for hydroxylation is 1. The maximum Gasteiger partial charge on any atom is 0.305 e. The number of hydrogen-bond acceptors (Lipinski definition) is 4. The quantitative estimate of drug-likeness (QED) is 0.645. The molecule has 0 unspecified atom stereocenters. The maximum atomic E-state index is 11.0. The first kappa shape index (κ1) is 16.9. The third-order valence-electron chi connectivity index (χ3n) is 2.09. The van der Waals surface area contributed by atoms with Gasteiger partial charge in [-0.15, -0.1) is 0 Å². The third kappa shape index (κ3) is 7.29. The lowest BCUT2D eigenvalue weighted by Gasteiger charge is -2.06. The number of rotatable bonds is 6. The highest BCUT2D eigenvalue weighted by molar-refractivity contribution is 9.09. The Bertz CT molecular complexity index is 342. The van der Waals surface area contributed by atoms with E-state index < -0.39 is 0 Å². The largest absolute Gasteiger partial charge is 0.493 e. The molecule has 0 aromatic heterocycles. The van der Waals surface area contributed by atoms with Gasteiger partial charge in [0.05, 0.1) is 13.7 Å². The van der Waals surface area contributed by atoms with Crippen molar-refractivity contribution in [3.63, 3.8) is 0 Å². The van der Waals surface area contributed by atoms with Crippen molar-refractivity contribution in [3.8, 4) is 5.75 Å². The molecule has 1 rings (SSSR count). The van der Waals surface area contributed by atoms with E-state index in [1.165, 1.54) is 7.11 Å². The summed E-state index contributed by atoms with van der Waals surface area (Å²) in [5, 5.41) is 7.80. The lowest BCUT2D eigenvalue weighted by atomic mass is 10.1. The van der Waals surface area contributed by atoms with Crippen LogP contribution < -0.4 is 4.74 Å². The van der Waals surface area contributed by atoms with E-state index in [-0.39, 0.29) is 5.97 Å². The van der Waals surface area contributed by atoms with Crippen LogP contribution in [0.3, 0.4) is 0 Å². The van der Waals surface area contributed by atoms with Gasteiger partial charge in [0.25, 0.3) is 0 Å². The van der Waals surface area contributed by atoms with Crippen molar-refractivity contribution in [1.82, 2.24) is 0 Å². The molecule has 0 aliphatic rings. The van der Waals surface area contributed by atoms with Crippen LogP contribution >= 0.6 is 15.9 Å². The highest BCUT2D eigenvalue weighted by Crippen LogP contribution is 2.14. The van der Waals surface area contributed by atoms with Gasteiger partial charge in [0, 0.05) is 18.9 Å². The molecule has 0 aliphatic carbocycles. The van der Waals surface area contributed by atoms with Crippen molar-refractivity contribution in [3.05, 3.63) is 29.8 Å². The predicted octanol–water partition coefficient (Wildman–Crippen LogP) is 2.17. The van der Waals surface area contributed by atoms with Crippen molar-refractivity contribution in [2.24, 2.45) is 0 Å². The Hall–Kier alpha value is -1.07. The topological polar surface area (TPSA) is 55.8 Å². The Morgan fingerprint density at radius 2 is 2.11 bits per heavy atom. The molecule has 0 heterocycles. The second-order valence-electron chi connectivity index (χ2n) is 3.26. The minimum atomic E-state index is -0.188. The number of halogens is 1. The molecular formula is C13H19BrO4. The number of ether oxygens (including phenoxy) is 2. The number of carbonyl (C=O) groups excluding carboxylic acids is 1. The van der Waals surface area contributed by atoms with Gasteiger partial charge in [-0.1, -0.05) is 28.1 Å². The normalized spacial score (nSPS) is 9.11. The van der Waals surface area contributed by atoms with Crippen LogP contribution in [-0.2, 0) is 16.0 Å². The van der Waals surface area contributed by atoms with Crippen molar-refractivity contribution >= 4 is 21.9 Å². The number of aliphatic hydroxyl groups excluding tert-OH is 1. The number of alkyl halides is 1. The fraction of sp³-hybridized carbons (Fsp3) is 0.462. The number of hydrogen-bond donors (Lipinski definition) is 1. The highest BCUT2D eigenvalue weighted by atomic mass is 79.9. The van der Waals surface area contributed by atoms with Gasteiger partial charge in [-0.25, -0.2) is 0 Å². The SMILES string of the molecule is CO.COC(=O)CCc1cccc(OCCBr)c1. The van der Waals surface area contributed by atoms with E-state index in [1.54, 1.807) is 0 Å². The highest BCUT2D eigenvalue weighted by Gasteiger charge is 2.02. The van der Waals surface area contributed by atoms with Crippen LogP contribution in [0.4, 0.5) is 0 Å². The average Bonchev–Trinajstić information content (AvgIpc) is 2.45. The molecule has 0 saturated heterocycles. The fourth-order valence-corrected chi connectivity index (χ4v) is 1.46. The van der Waals surface area contributed by atoms with Gasteiger partial charge >= 0.3 is 5.97 Å². The summed E-state index contributed by atoms with van der Waals surface area (Å²) in [5.74, 6) is 0.647. The molecule has 5 heteroatoms. The van der Waals surface area contributed by atoms with Crippen LogP contribution in [0.15, 0.2) is 24.3 Å². The first-order chi connectivity index (χ1) is 8.76. The Kier molecular flexibility index (Phi) is 10.4. The number of esters is 1. The van der Waals surface area contributed by atoms with Gasteiger partial charge in [0.15, 0.2) is 0 Å². The summed E-state index contributed by atoms with van der Waals surface area (Å²) < 4.78 is 10.1. The van der Waals surface area contributed by atoms with Crippen LogP contribution in [0, 0.1) is 0 Å². The summed E-state index contributed by atoms with van der Waals surface area (Å²) >= 11 is 3.30. The summed E-state index contributed by atoms with van der Waals surface area (Å²) in [4.78, 5) is 11.0. The van der Waals surface area contributed by atoms with Gasteiger partial charge in [-0.05, 0) is 24.1 Å². The van der Waals surface area contributed by atoms with Crippen molar-refractivity contribution in [1.29, 1.82) is 0 Å². The van der Waals surface area contributed by atoms with Gasteiger partial charge in [-0.2, -0.15) is 0 Å². The van der Waals surface area contributed by atoms with Crippen molar-refractivity contribution < 1.29 is 19.4 Å². The number of aliphatic hydroxyl groups is 1. The molecule has 0 amide bonds. The van der Waals surface area contributed by atoms with Crippen molar-refractivity contribution in [2.75, 3.05) is 26.2 Å². The predicted molar refractivity (Wildman–Crippen MR) is 74.2 cm³/mol. The van der Waals surface area contributed by atoms with Crippen LogP contribution in [0.25, 0.3) is 0 Å². The molecule has 0 bridgehead atoms. The lowest BCUT2D eigenvalue weighted by Crippen LogP contribution is -2.02. The van der Waals surface area contributed by atoms with Crippen LogP contribution in [-0.4, -0.2) is 37.2 Å². The number of benzene rings is 1. The second-order valence-corrected chi connectivity index (χ2v) is 4.05. The molecule has 18 heavy (non-hydrogen) atoms. The van der Waals surface area contributed by atoms with Gasteiger partial charge in [0.2, 0.25) is 0 Å². The summed E-state index contributed by atoms with van der Waals surface area (Å²) in [6.45, 7) is 0.639. The molecule has 0 fully saturated rings. The van der Waals surface area contributed by atoms with Gasteiger partial charge in [0.1, 0.15) is 5.75 Å². The summed E-state index contributed by atoms with van der Waals surface area (Å²) in [6.07, 6.45) is 1.08. The monoisotopic (exact) mass is 318 g/mol. The fourth-order valence-electron chi connectivity index (χ4n) is 1.30. The second kappa shape index (κ2) is 11.0. The van der Waals surface area contributed by atoms with E-state index in [1.807, 2.05) is 24.3 Å². The first-order valence-electron chi connectivity index (χ1n) is 5.55. The maximum absolute atomic E-state index is 11.0. The van der Waals surface area contributed by atoms with Crippen LogP contribution in [0.2, 0.25) is 0 Å². The third-order valence-corrected chi connectivity index (χ3v) is 2.41. The lowest BCUT2D eigenvalue weighted by molar-refractivity contribution is -0.140. The molecule has 0 spiro atoms. The molecule has 0 radical (unpaired) electrons. The van der Waals surface area contributed by atoms with Gasteiger partial charge in [-0.3, -0.25) is 4.79 Å². The zero-order chi connectivity index (χ0) is 13.8. The zero-order valence-corrected chi connectivity index (χ0v) is 12.3. The molecule has 102 valence electrons. The smallest absolute Gasteiger partial charge is 0.305 e. The van der Waals surface area contributed by atoms with E-state index in [0.29, 0.717) is 19.4 Å². The minimum Gasteiger partial charge on any atom is -0.493 e. The molecule has 1 aromatic rings. The first-order valence-corrected chi connectivity index (χ1v) is 6.67. The Balaban J connectivity index is 0.00000137. The van der Waals surface area contributed by atoms with Crippen LogP contribution in [0.1, 0.15) is 12.0 Å². The van der Waals surface area contributed by atoms with Gasteiger partial charge < -0.3 is 14.6 Å². The molecule has 1 N–H and O–H groups in total. The molecule has 1 aromatic carbocycles. The molecular weight excluding hydrogens is 300 g/mol. The molecule has 0 atom stereocenters. The Labute approximate surface area is 116 Å². The summed E-state index contributed by atoms with van der Waals surface area (Å²) in [5.41, 5.74) is 1.08. The molecule has 0 saturated carbocycles. The molecule has 0 aliphatic heterocycles. The minimum absolute atomic E-state index is 0.188. The van der Waals surface area contributed by atoms with E-state index >= 15 is 0 Å². The van der Waals surface area contributed by atoms with Crippen LogP contribution in [0.5, 0.6) is 5.75 Å². The summed E-state index contributed by atoms with van der Waals surface area (Å²) in [6, 6.07) is 7.76. The Morgan fingerprint density at radius 1 is 1.39 bits per heavy atom. The molecule has 4 nitrogen and oxygen atoms in total. The Morgan fingerprint density at radius 3 is 2.72 bits per heavy atom. The van der Waals surface area contributed by atoms with Crippen molar-refractivity contribution in [2.45, 2.75) is 12.8 Å². The van der Waals surface area contributed by atoms with E-state index in [4.69, 9.17) is 9.84 Å². The number of methoxy groups -OCH3 is 1. The van der Waals surface area contributed by atoms with E-state index in [0.717, 1.165) is 23.8 Å². The zero-order valence-electron chi connectivity index (χ0n) is 10.7. The van der Waals surface area contributed by atoms with E-state index in [2.05, 4.69) is 20.7 Å².